The van der Waals surface area contributed by atoms with Crippen LogP contribution in [0.2, 0.25) is 0 Å². The Morgan fingerprint density at radius 1 is 1.14 bits per heavy atom. The standard InChI is InChI=1S/C27H30N4O4/c1-34-21-6-4-5-20(13-21)14-30-15-22(35-18-19-9-10-19)16-31(17-25(30)32)27(33)24-8-3-2-7-23(24)26-28-11-12-29-26/h2-8,11-13,19,22H,9-10,14-18H2,1H3,(H,28,29)/t22-/m1/s1. The van der Waals surface area contributed by atoms with E-state index in [0.717, 1.165) is 11.3 Å². The van der Waals surface area contributed by atoms with E-state index in [1.165, 1.54) is 12.8 Å². The predicted molar refractivity (Wildman–Crippen MR) is 131 cm³/mol. The molecule has 2 heterocycles. The summed E-state index contributed by atoms with van der Waals surface area (Å²) in [5.74, 6) is 1.65. The number of rotatable bonds is 8. The summed E-state index contributed by atoms with van der Waals surface area (Å²) < 4.78 is 11.6. The van der Waals surface area contributed by atoms with E-state index in [2.05, 4.69) is 9.97 Å². The van der Waals surface area contributed by atoms with Crippen LogP contribution < -0.4 is 4.74 Å². The Morgan fingerprint density at radius 2 is 2.00 bits per heavy atom. The minimum Gasteiger partial charge on any atom is -0.497 e. The number of aromatic nitrogens is 2. The summed E-state index contributed by atoms with van der Waals surface area (Å²) in [6, 6.07) is 15.1. The monoisotopic (exact) mass is 474 g/mol. The van der Waals surface area contributed by atoms with Gasteiger partial charge in [0.25, 0.3) is 5.91 Å². The minimum atomic E-state index is -0.257. The lowest BCUT2D eigenvalue weighted by atomic mass is 10.1. The fourth-order valence-electron chi connectivity index (χ4n) is 4.40. The zero-order valence-corrected chi connectivity index (χ0v) is 19.9. The van der Waals surface area contributed by atoms with Gasteiger partial charge in [-0.15, -0.1) is 0 Å². The number of nitrogens with one attached hydrogen (secondary N) is 1. The second-order valence-electron chi connectivity index (χ2n) is 9.19. The van der Waals surface area contributed by atoms with Crippen LogP contribution in [0, 0.1) is 5.92 Å². The normalized spacial score (nSPS) is 18.4. The predicted octanol–water partition coefficient (Wildman–Crippen LogP) is 3.37. The van der Waals surface area contributed by atoms with Gasteiger partial charge in [0.1, 0.15) is 18.1 Å². The van der Waals surface area contributed by atoms with E-state index >= 15 is 0 Å². The van der Waals surface area contributed by atoms with Crippen molar-refractivity contribution in [3.05, 3.63) is 72.1 Å². The topological polar surface area (TPSA) is 87.8 Å². The van der Waals surface area contributed by atoms with Crippen molar-refractivity contribution in [1.82, 2.24) is 19.8 Å². The largest absolute Gasteiger partial charge is 0.497 e. The zero-order valence-electron chi connectivity index (χ0n) is 19.9. The van der Waals surface area contributed by atoms with Gasteiger partial charge >= 0.3 is 0 Å². The Bertz CT molecular complexity index is 1180. The van der Waals surface area contributed by atoms with Gasteiger partial charge in [-0.3, -0.25) is 9.59 Å². The highest BCUT2D eigenvalue weighted by atomic mass is 16.5. The van der Waals surface area contributed by atoms with E-state index in [1.54, 1.807) is 35.4 Å². The molecule has 1 aromatic heterocycles. The number of carbonyl (C=O) groups is 2. The van der Waals surface area contributed by atoms with E-state index in [0.29, 0.717) is 49.1 Å². The Labute approximate surface area is 204 Å². The fraction of sp³-hybridized carbons (Fsp3) is 0.370. The molecule has 2 fully saturated rings. The molecule has 5 rings (SSSR count). The van der Waals surface area contributed by atoms with E-state index in [9.17, 15) is 9.59 Å². The van der Waals surface area contributed by atoms with Gasteiger partial charge in [0, 0.05) is 44.2 Å². The lowest BCUT2D eigenvalue weighted by Gasteiger charge is -2.25. The average Bonchev–Trinajstić information content (AvgIpc) is 3.59. The van der Waals surface area contributed by atoms with Crippen LogP contribution in [0.5, 0.6) is 5.75 Å². The average molecular weight is 475 g/mol. The summed E-state index contributed by atoms with van der Waals surface area (Å²) in [6.07, 6.45) is 5.48. The molecule has 2 amide bonds. The Balaban J connectivity index is 1.39. The van der Waals surface area contributed by atoms with Crippen molar-refractivity contribution in [2.45, 2.75) is 25.5 Å². The van der Waals surface area contributed by atoms with E-state index in [1.807, 2.05) is 42.5 Å². The maximum absolute atomic E-state index is 13.7. The van der Waals surface area contributed by atoms with Crippen molar-refractivity contribution >= 4 is 11.8 Å². The van der Waals surface area contributed by atoms with Crippen molar-refractivity contribution in [3.8, 4) is 17.1 Å². The van der Waals surface area contributed by atoms with Crippen LogP contribution in [0.25, 0.3) is 11.4 Å². The van der Waals surface area contributed by atoms with E-state index < -0.39 is 0 Å². The first-order chi connectivity index (χ1) is 17.1. The number of benzene rings is 2. The third-order valence-corrected chi connectivity index (χ3v) is 6.50. The number of carbonyl (C=O) groups excluding carboxylic acids is 2. The third-order valence-electron chi connectivity index (χ3n) is 6.50. The molecule has 3 aromatic rings. The van der Waals surface area contributed by atoms with Crippen LogP contribution in [-0.4, -0.2) is 71.0 Å². The molecule has 8 heteroatoms. The number of ether oxygens (including phenoxy) is 2. The molecule has 1 aliphatic heterocycles. The van der Waals surface area contributed by atoms with Crippen LogP contribution in [0.1, 0.15) is 28.8 Å². The van der Waals surface area contributed by atoms with Gasteiger partial charge in [0.2, 0.25) is 5.91 Å². The summed E-state index contributed by atoms with van der Waals surface area (Å²) in [4.78, 5) is 37.9. The molecule has 35 heavy (non-hydrogen) atoms. The fourth-order valence-corrected chi connectivity index (χ4v) is 4.40. The summed E-state index contributed by atoms with van der Waals surface area (Å²) in [7, 11) is 1.63. The van der Waals surface area contributed by atoms with Gasteiger partial charge in [0.05, 0.1) is 18.8 Å². The molecule has 182 valence electrons. The number of methoxy groups -OCH3 is 1. The molecular formula is C27H30N4O4. The van der Waals surface area contributed by atoms with Gasteiger partial charge in [-0.1, -0.05) is 30.3 Å². The Hall–Kier alpha value is -3.65. The lowest BCUT2D eigenvalue weighted by Crippen LogP contribution is -2.40. The smallest absolute Gasteiger partial charge is 0.255 e. The number of aromatic amines is 1. The van der Waals surface area contributed by atoms with Crippen molar-refractivity contribution in [2.75, 3.05) is 33.4 Å². The first kappa shape index (κ1) is 23.1. The molecule has 2 aliphatic rings. The summed E-state index contributed by atoms with van der Waals surface area (Å²) in [5.41, 5.74) is 2.20. The second kappa shape index (κ2) is 10.3. The summed E-state index contributed by atoms with van der Waals surface area (Å²) in [6.45, 7) is 1.89. The van der Waals surface area contributed by atoms with Gasteiger partial charge < -0.3 is 24.3 Å². The van der Waals surface area contributed by atoms with Crippen molar-refractivity contribution in [2.24, 2.45) is 5.92 Å². The number of imidazole rings is 1. The van der Waals surface area contributed by atoms with E-state index in [-0.39, 0.29) is 24.5 Å². The maximum atomic E-state index is 13.7. The third kappa shape index (κ3) is 5.54. The van der Waals surface area contributed by atoms with Gasteiger partial charge in [-0.05, 0) is 42.5 Å². The number of H-pyrrole nitrogens is 1. The lowest BCUT2D eigenvalue weighted by molar-refractivity contribution is -0.132. The van der Waals surface area contributed by atoms with Crippen molar-refractivity contribution in [3.63, 3.8) is 0 Å². The summed E-state index contributed by atoms with van der Waals surface area (Å²) in [5, 5.41) is 0. The molecule has 8 nitrogen and oxygen atoms in total. The highest BCUT2D eigenvalue weighted by molar-refractivity contribution is 6.01. The number of nitrogens with zero attached hydrogens (tertiary/aromatic N) is 3. The molecule has 1 N–H and O–H groups in total. The minimum absolute atomic E-state index is 0.00141. The maximum Gasteiger partial charge on any atom is 0.255 e. The SMILES string of the molecule is COc1cccc(CN2C[C@@H](OCC3CC3)CN(C(=O)c3ccccc3-c3ncc[nH]3)CC2=O)c1. The van der Waals surface area contributed by atoms with Gasteiger partial charge in [-0.25, -0.2) is 4.98 Å². The first-order valence-corrected chi connectivity index (χ1v) is 12.0. The number of hydrogen-bond donors (Lipinski definition) is 1. The molecule has 0 bridgehead atoms. The Morgan fingerprint density at radius 3 is 2.77 bits per heavy atom. The summed E-state index contributed by atoms with van der Waals surface area (Å²) >= 11 is 0. The molecule has 0 spiro atoms. The molecule has 1 saturated carbocycles. The molecule has 2 aromatic carbocycles. The molecule has 1 atom stereocenters. The van der Waals surface area contributed by atoms with Gasteiger partial charge in [0.15, 0.2) is 0 Å². The number of hydrogen-bond acceptors (Lipinski definition) is 5. The Kier molecular flexibility index (Phi) is 6.81. The van der Waals surface area contributed by atoms with Crippen LogP contribution >= 0.6 is 0 Å². The van der Waals surface area contributed by atoms with Crippen molar-refractivity contribution < 1.29 is 19.1 Å². The molecule has 0 unspecified atom stereocenters. The second-order valence-corrected chi connectivity index (χ2v) is 9.19. The van der Waals surface area contributed by atoms with Crippen molar-refractivity contribution in [1.29, 1.82) is 0 Å². The molecular weight excluding hydrogens is 444 g/mol. The first-order valence-electron chi connectivity index (χ1n) is 12.0. The molecule has 1 saturated heterocycles. The van der Waals surface area contributed by atoms with Crippen LogP contribution in [0.4, 0.5) is 0 Å². The van der Waals surface area contributed by atoms with Gasteiger partial charge in [-0.2, -0.15) is 0 Å². The van der Waals surface area contributed by atoms with Crippen LogP contribution in [-0.2, 0) is 16.1 Å². The highest BCUT2D eigenvalue weighted by Crippen LogP contribution is 2.30. The van der Waals surface area contributed by atoms with E-state index in [4.69, 9.17) is 9.47 Å². The molecule has 1 aliphatic carbocycles. The van der Waals surface area contributed by atoms with Crippen LogP contribution in [0.3, 0.4) is 0 Å². The number of amides is 2. The highest BCUT2D eigenvalue weighted by Gasteiger charge is 2.33. The van der Waals surface area contributed by atoms with Crippen LogP contribution in [0.15, 0.2) is 60.9 Å². The zero-order chi connectivity index (χ0) is 24.2. The molecule has 0 radical (unpaired) electrons. The quantitative estimate of drug-likeness (QED) is 0.541.